The van der Waals surface area contributed by atoms with Crippen LogP contribution in [0.5, 0.6) is 5.75 Å². The van der Waals surface area contributed by atoms with Gasteiger partial charge in [-0.15, -0.1) is 0 Å². The largest absolute Gasteiger partial charge is 0.484 e. The van der Waals surface area contributed by atoms with E-state index < -0.39 is 5.97 Å². The summed E-state index contributed by atoms with van der Waals surface area (Å²) in [7, 11) is 0. The Balaban J connectivity index is 1.95. The molecule has 0 heterocycles. The first-order chi connectivity index (χ1) is 10.1. The van der Waals surface area contributed by atoms with Crippen LogP contribution in [0.4, 0.5) is 11.4 Å². The maximum atomic E-state index is 11.7. The van der Waals surface area contributed by atoms with Gasteiger partial charge in [0.1, 0.15) is 5.75 Å². The predicted molar refractivity (Wildman–Crippen MR) is 78.4 cm³/mol. The summed E-state index contributed by atoms with van der Waals surface area (Å²) in [5.41, 5.74) is 6.29. The molecule has 4 N–H and O–H groups in total. The number of aromatic carboxylic acids is 1. The lowest BCUT2D eigenvalue weighted by molar-refractivity contribution is -0.118. The van der Waals surface area contributed by atoms with Gasteiger partial charge >= 0.3 is 5.97 Å². The van der Waals surface area contributed by atoms with Crippen molar-refractivity contribution >= 4 is 23.3 Å². The van der Waals surface area contributed by atoms with Crippen molar-refractivity contribution in [2.75, 3.05) is 17.7 Å². The Bertz CT molecular complexity index is 656. The van der Waals surface area contributed by atoms with Crippen molar-refractivity contribution in [3.8, 4) is 5.75 Å². The molecule has 2 aromatic rings. The number of hydrogen-bond acceptors (Lipinski definition) is 4. The first kappa shape index (κ1) is 14.4. The van der Waals surface area contributed by atoms with Gasteiger partial charge in [-0.2, -0.15) is 0 Å². The van der Waals surface area contributed by atoms with Crippen molar-refractivity contribution in [2.24, 2.45) is 0 Å². The Hall–Kier alpha value is -3.02. The van der Waals surface area contributed by atoms with E-state index in [1.807, 2.05) is 6.07 Å². The Morgan fingerprint density at radius 2 is 1.86 bits per heavy atom. The lowest BCUT2D eigenvalue weighted by Gasteiger charge is -2.10. The number of nitrogen functional groups attached to an aromatic ring is 1. The lowest BCUT2D eigenvalue weighted by Crippen LogP contribution is -2.20. The number of amides is 1. The van der Waals surface area contributed by atoms with E-state index in [0.29, 0.717) is 11.4 Å². The summed E-state index contributed by atoms with van der Waals surface area (Å²) in [6.45, 7) is -0.163. The molecule has 0 aliphatic rings. The summed E-state index contributed by atoms with van der Waals surface area (Å²) >= 11 is 0. The highest BCUT2D eigenvalue weighted by Crippen LogP contribution is 2.20. The van der Waals surface area contributed by atoms with Gasteiger partial charge in [-0.1, -0.05) is 18.2 Å². The lowest BCUT2D eigenvalue weighted by atomic mass is 10.2. The van der Waals surface area contributed by atoms with Gasteiger partial charge in [0, 0.05) is 0 Å². The van der Waals surface area contributed by atoms with E-state index in [2.05, 4.69) is 5.32 Å². The quantitative estimate of drug-likeness (QED) is 0.729. The molecule has 0 bridgehead atoms. The first-order valence-corrected chi connectivity index (χ1v) is 6.17. The van der Waals surface area contributed by atoms with Gasteiger partial charge in [-0.05, 0) is 30.3 Å². The molecular formula is C15H14N2O4. The van der Waals surface area contributed by atoms with E-state index in [9.17, 15) is 9.59 Å². The van der Waals surface area contributed by atoms with Gasteiger partial charge < -0.3 is 20.9 Å². The molecule has 21 heavy (non-hydrogen) atoms. The minimum Gasteiger partial charge on any atom is -0.484 e. The Morgan fingerprint density at radius 3 is 2.48 bits per heavy atom. The summed E-state index contributed by atoms with van der Waals surface area (Å²) in [4.78, 5) is 22.5. The SMILES string of the molecule is Nc1cc(C(=O)O)ccc1NC(=O)COc1ccccc1. The monoisotopic (exact) mass is 286 g/mol. The van der Waals surface area contributed by atoms with Crippen molar-refractivity contribution in [1.29, 1.82) is 0 Å². The van der Waals surface area contributed by atoms with Crippen LogP contribution in [-0.4, -0.2) is 23.6 Å². The van der Waals surface area contributed by atoms with Crippen molar-refractivity contribution in [2.45, 2.75) is 0 Å². The normalized spacial score (nSPS) is 9.90. The number of ether oxygens (including phenoxy) is 1. The van der Waals surface area contributed by atoms with E-state index in [0.717, 1.165) is 0 Å². The van der Waals surface area contributed by atoms with E-state index in [1.165, 1.54) is 18.2 Å². The van der Waals surface area contributed by atoms with Crippen molar-refractivity contribution in [1.82, 2.24) is 0 Å². The highest BCUT2D eigenvalue weighted by atomic mass is 16.5. The number of carbonyl (C=O) groups excluding carboxylic acids is 1. The zero-order chi connectivity index (χ0) is 15.2. The van der Waals surface area contributed by atoms with Gasteiger partial charge in [0.2, 0.25) is 0 Å². The second-order valence-corrected chi connectivity index (χ2v) is 4.26. The fourth-order valence-corrected chi connectivity index (χ4v) is 1.66. The maximum absolute atomic E-state index is 11.7. The van der Waals surface area contributed by atoms with Gasteiger partial charge in [0.25, 0.3) is 5.91 Å². The summed E-state index contributed by atoms with van der Waals surface area (Å²) in [5, 5.41) is 11.4. The van der Waals surface area contributed by atoms with E-state index in [1.54, 1.807) is 24.3 Å². The minimum absolute atomic E-state index is 0.0611. The van der Waals surface area contributed by atoms with Crippen LogP contribution in [-0.2, 0) is 4.79 Å². The fourth-order valence-electron chi connectivity index (χ4n) is 1.66. The molecule has 2 rings (SSSR count). The van der Waals surface area contributed by atoms with E-state index >= 15 is 0 Å². The topological polar surface area (TPSA) is 102 Å². The van der Waals surface area contributed by atoms with Gasteiger partial charge in [0.15, 0.2) is 6.61 Å². The molecule has 0 spiro atoms. The van der Waals surface area contributed by atoms with Crippen LogP contribution in [0, 0.1) is 0 Å². The zero-order valence-corrected chi connectivity index (χ0v) is 11.1. The Kier molecular flexibility index (Phi) is 4.40. The van der Waals surface area contributed by atoms with E-state index in [4.69, 9.17) is 15.6 Å². The van der Waals surface area contributed by atoms with E-state index in [-0.39, 0.29) is 23.8 Å². The Morgan fingerprint density at radius 1 is 1.14 bits per heavy atom. The molecule has 0 saturated heterocycles. The van der Waals surface area contributed by atoms with Crippen molar-refractivity contribution < 1.29 is 19.4 Å². The summed E-state index contributed by atoms with van der Waals surface area (Å²) < 4.78 is 5.29. The number of nitrogens with two attached hydrogens (primary N) is 1. The predicted octanol–water partition coefficient (Wildman–Crippen LogP) is 1.98. The third kappa shape index (κ3) is 3.97. The van der Waals surface area contributed by atoms with Crippen LogP contribution in [0.1, 0.15) is 10.4 Å². The average molecular weight is 286 g/mol. The number of para-hydroxylation sites is 1. The smallest absolute Gasteiger partial charge is 0.335 e. The van der Waals surface area contributed by atoms with Crippen LogP contribution in [0.3, 0.4) is 0 Å². The molecule has 6 heteroatoms. The van der Waals surface area contributed by atoms with Crippen LogP contribution >= 0.6 is 0 Å². The number of rotatable bonds is 5. The molecule has 0 unspecified atom stereocenters. The molecule has 0 fully saturated rings. The first-order valence-electron chi connectivity index (χ1n) is 6.17. The standard InChI is InChI=1S/C15H14N2O4/c16-12-8-10(15(19)20)6-7-13(12)17-14(18)9-21-11-4-2-1-3-5-11/h1-8H,9,16H2,(H,17,18)(H,19,20). The fraction of sp³-hybridized carbons (Fsp3) is 0.0667. The third-order valence-electron chi connectivity index (χ3n) is 2.69. The number of carboxylic acids is 1. The molecule has 6 nitrogen and oxygen atoms in total. The summed E-state index contributed by atoms with van der Waals surface area (Å²) in [6.07, 6.45) is 0. The highest BCUT2D eigenvalue weighted by molar-refractivity contribution is 5.97. The van der Waals surface area contributed by atoms with Crippen LogP contribution < -0.4 is 15.8 Å². The van der Waals surface area contributed by atoms with Crippen LogP contribution in [0.15, 0.2) is 48.5 Å². The molecule has 1 amide bonds. The second kappa shape index (κ2) is 6.42. The van der Waals surface area contributed by atoms with Crippen molar-refractivity contribution in [3.05, 3.63) is 54.1 Å². The Labute approximate surface area is 121 Å². The zero-order valence-electron chi connectivity index (χ0n) is 11.1. The van der Waals surface area contributed by atoms with Gasteiger partial charge in [-0.25, -0.2) is 4.79 Å². The molecule has 0 aromatic heterocycles. The number of carbonyl (C=O) groups is 2. The number of benzene rings is 2. The number of carboxylic acid groups (broad SMARTS) is 1. The second-order valence-electron chi connectivity index (χ2n) is 4.26. The van der Waals surface area contributed by atoms with Gasteiger partial charge in [-0.3, -0.25) is 4.79 Å². The summed E-state index contributed by atoms with van der Waals surface area (Å²) in [6, 6.07) is 13.0. The minimum atomic E-state index is -1.08. The molecule has 2 aromatic carbocycles. The number of hydrogen-bond donors (Lipinski definition) is 3. The third-order valence-corrected chi connectivity index (χ3v) is 2.69. The van der Waals surface area contributed by atoms with Crippen molar-refractivity contribution in [3.63, 3.8) is 0 Å². The molecule has 0 aliphatic heterocycles. The number of nitrogens with one attached hydrogen (secondary N) is 1. The highest BCUT2D eigenvalue weighted by Gasteiger charge is 2.09. The number of anilines is 2. The molecular weight excluding hydrogens is 272 g/mol. The maximum Gasteiger partial charge on any atom is 0.335 e. The molecule has 108 valence electrons. The summed E-state index contributed by atoms with van der Waals surface area (Å²) in [5.74, 6) is -0.873. The van der Waals surface area contributed by atoms with Crippen LogP contribution in [0.25, 0.3) is 0 Å². The molecule has 0 atom stereocenters. The molecule has 0 radical (unpaired) electrons. The average Bonchev–Trinajstić information content (AvgIpc) is 2.48. The van der Waals surface area contributed by atoms with Crippen LogP contribution in [0.2, 0.25) is 0 Å². The van der Waals surface area contributed by atoms with Gasteiger partial charge in [0.05, 0.1) is 16.9 Å². The molecule has 0 saturated carbocycles. The molecule has 0 aliphatic carbocycles.